The van der Waals surface area contributed by atoms with E-state index in [1.165, 1.54) is 18.4 Å². The van der Waals surface area contributed by atoms with Crippen molar-refractivity contribution in [3.05, 3.63) is 59.8 Å². The molecule has 2 aliphatic rings. The van der Waals surface area contributed by atoms with E-state index in [0.717, 1.165) is 24.2 Å². The minimum absolute atomic E-state index is 0.100. The van der Waals surface area contributed by atoms with E-state index in [1.54, 1.807) is 6.20 Å². The van der Waals surface area contributed by atoms with Crippen LogP contribution in [-0.2, 0) is 5.41 Å². The van der Waals surface area contributed by atoms with E-state index >= 15 is 0 Å². The second-order valence-electron chi connectivity index (χ2n) is 5.96. The molecule has 0 saturated heterocycles. The molecular weight excluding hydrogens is 272 g/mol. The van der Waals surface area contributed by atoms with Gasteiger partial charge in [0.1, 0.15) is 11.7 Å². The van der Waals surface area contributed by atoms with Crippen LogP contribution in [-0.4, -0.2) is 16.7 Å². The summed E-state index contributed by atoms with van der Waals surface area (Å²) >= 11 is 0. The molecule has 0 atom stereocenters. The maximum atomic E-state index is 6.19. The lowest BCUT2D eigenvalue weighted by Crippen LogP contribution is -2.39. The number of aliphatic imine (C=N–C) groups is 2. The monoisotopic (exact) mass is 290 g/mol. The molecule has 1 spiro atoms. The Labute approximate surface area is 129 Å². The molecule has 1 saturated carbocycles. The fourth-order valence-electron chi connectivity index (χ4n) is 3.66. The molecule has 4 nitrogen and oxygen atoms in total. The maximum Gasteiger partial charge on any atom is 0.153 e. The molecule has 1 fully saturated rings. The summed E-state index contributed by atoms with van der Waals surface area (Å²) in [5.41, 5.74) is 8.42. The third-order valence-electron chi connectivity index (χ3n) is 4.70. The van der Waals surface area contributed by atoms with Crippen LogP contribution in [0.3, 0.4) is 0 Å². The van der Waals surface area contributed by atoms with Crippen LogP contribution in [0.5, 0.6) is 0 Å². The molecule has 2 heterocycles. The second-order valence-corrected chi connectivity index (χ2v) is 5.96. The lowest BCUT2D eigenvalue weighted by Gasteiger charge is -2.34. The first-order valence-corrected chi connectivity index (χ1v) is 7.74. The molecule has 1 aromatic heterocycles. The predicted octanol–water partition coefficient (Wildman–Crippen LogP) is 3.34. The number of nitrogens with zero attached hydrogens (tertiary/aromatic N) is 3. The van der Waals surface area contributed by atoms with Crippen molar-refractivity contribution in [1.29, 1.82) is 0 Å². The van der Waals surface area contributed by atoms with Gasteiger partial charge in [-0.15, -0.1) is 0 Å². The molecule has 4 rings (SSSR count). The number of aromatic nitrogens is 1. The Morgan fingerprint density at radius 2 is 1.77 bits per heavy atom. The lowest BCUT2D eigenvalue weighted by atomic mass is 9.73. The zero-order chi connectivity index (χ0) is 15.0. The van der Waals surface area contributed by atoms with Crippen LogP contribution in [0, 0.1) is 0 Å². The minimum atomic E-state index is -0.100. The van der Waals surface area contributed by atoms with Crippen LogP contribution < -0.4 is 5.73 Å². The van der Waals surface area contributed by atoms with E-state index < -0.39 is 0 Å². The van der Waals surface area contributed by atoms with Gasteiger partial charge in [-0.1, -0.05) is 43.2 Å². The van der Waals surface area contributed by atoms with Crippen molar-refractivity contribution in [3.63, 3.8) is 0 Å². The molecule has 2 aromatic rings. The average molecular weight is 290 g/mol. The Morgan fingerprint density at radius 3 is 2.55 bits per heavy atom. The fraction of sp³-hybridized carbons (Fsp3) is 0.278. The number of hydrogen-bond donors (Lipinski definition) is 1. The van der Waals surface area contributed by atoms with Gasteiger partial charge in [0.25, 0.3) is 0 Å². The zero-order valence-electron chi connectivity index (χ0n) is 12.4. The van der Waals surface area contributed by atoms with Gasteiger partial charge < -0.3 is 5.73 Å². The molecule has 0 radical (unpaired) electrons. The summed E-state index contributed by atoms with van der Waals surface area (Å²) in [5, 5.41) is 0. The number of nitrogens with two attached hydrogens (primary N) is 1. The van der Waals surface area contributed by atoms with Gasteiger partial charge >= 0.3 is 0 Å². The first-order valence-electron chi connectivity index (χ1n) is 7.74. The highest BCUT2D eigenvalue weighted by Crippen LogP contribution is 2.46. The number of pyridine rings is 1. The largest absolute Gasteiger partial charge is 0.383 e. The van der Waals surface area contributed by atoms with Crippen LogP contribution in [0.4, 0.5) is 5.82 Å². The van der Waals surface area contributed by atoms with Crippen molar-refractivity contribution in [3.8, 4) is 0 Å². The molecule has 2 N–H and O–H groups in total. The second kappa shape index (κ2) is 5.05. The molecule has 0 unspecified atom stereocenters. The molecule has 0 bridgehead atoms. The SMILES string of the molecule is NC1=N/C(=N\c2ccccn2)C2(CCCC2)c2ccccc21. The molecule has 0 amide bonds. The van der Waals surface area contributed by atoms with Gasteiger partial charge in [0.15, 0.2) is 5.82 Å². The van der Waals surface area contributed by atoms with Gasteiger partial charge in [-0.25, -0.2) is 15.0 Å². The predicted molar refractivity (Wildman–Crippen MR) is 88.6 cm³/mol. The van der Waals surface area contributed by atoms with Gasteiger partial charge in [-0.05, 0) is 30.5 Å². The summed E-state index contributed by atoms with van der Waals surface area (Å²) in [6, 6.07) is 14.1. The van der Waals surface area contributed by atoms with Crippen molar-refractivity contribution >= 4 is 17.5 Å². The highest BCUT2D eigenvalue weighted by atomic mass is 15.0. The van der Waals surface area contributed by atoms with E-state index in [9.17, 15) is 0 Å². The van der Waals surface area contributed by atoms with Crippen molar-refractivity contribution in [2.75, 3.05) is 0 Å². The smallest absolute Gasteiger partial charge is 0.153 e. The van der Waals surface area contributed by atoms with Crippen LogP contribution >= 0.6 is 0 Å². The molecule has 22 heavy (non-hydrogen) atoms. The first-order chi connectivity index (χ1) is 10.8. The molecular formula is C18H18N4. The van der Waals surface area contributed by atoms with Crippen LogP contribution in [0.1, 0.15) is 36.8 Å². The molecule has 4 heteroatoms. The standard InChI is InChI=1S/C18H18N4/c19-16-13-7-1-2-8-14(13)18(10-4-5-11-18)17(22-16)21-15-9-3-6-12-20-15/h1-3,6-9,12H,4-5,10-11H2,(H2,19,20,21,22). The third-order valence-corrected chi connectivity index (χ3v) is 4.70. The Balaban J connectivity index is 1.92. The highest BCUT2D eigenvalue weighted by molar-refractivity contribution is 6.14. The number of amidine groups is 2. The first kappa shape index (κ1) is 13.2. The molecule has 1 aliphatic heterocycles. The number of rotatable bonds is 1. The van der Waals surface area contributed by atoms with E-state index in [0.29, 0.717) is 11.7 Å². The number of fused-ring (bicyclic) bond motifs is 2. The summed E-state index contributed by atoms with van der Waals surface area (Å²) in [5.74, 6) is 2.07. The summed E-state index contributed by atoms with van der Waals surface area (Å²) in [7, 11) is 0. The van der Waals surface area contributed by atoms with Crippen molar-refractivity contribution in [1.82, 2.24) is 4.98 Å². The van der Waals surface area contributed by atoms with Crippen molar-refractivity contribution < 1.29 is 0 Å². The quantitative estimate of drug-likeness (QED) is 0.875. The molecule has 110 valence electrons. The zero-order valence-corrected chi connectivity index (χ0v) is 12.4. The maximum absolute atomic E-state index is 6.19. The Hall–Kier alpha value is -2.49. The van der Waals surface area contributed by atoms with Gasteiger partial charge in [0.05, 0.1) is 5.41 Å². The topological polar surface area (TPSA) is 63.6 Å². The van der Waals surface area contributed by atoms with Gasteiger partial charge in [0, 0.05) is 11.8 Å². The summed E-state index contributed by atoms with van der Waals surface area (Å²) in [6.07, 6.45) is 6.31. The van der Waals surface area contributed by atoms with Crippen LogP contribution in [0.15, 0.2) is 58.6 Å². The number of hydrogen-bond acceptors (Lipinski definition) is 3. The molecule has 1 aliphatic carbocycles. The van der Waals surface area contributed by atoms with E-state index in [4.69, 9.17) is 10.7 Å². The van der Waals surface area contributed by atoms with Gasteiger partial charge in [-0.2, -0.15) is 0 Å². The Morgan fingerprint density at radius 1 is 1.00 bits per heavy atom. The van der Waals surface area contributed by atoms with Crippen molar-refractivity contribution in [2.45, 2.75) is 31.1 Å². The minimum Gasteiger partial charge on any atom is -0.383 e. The average Bonchev–Trinajstić information content (AvgIpc) is 3.05. The van der Waals surface area contributed by atoms with E-state index in [-0.39, 0.29) is 5.41 Å². The van der Waals surface area contributed by atoms with E-state index in [1.807, 2.05) is 24.3 Å². The van der Waals surface area contributed by atoms with Gasteiger partial charge in [0.2, 0.25) is 0 Å². The van der Waals surface area contributed by atoms with Crippen LogP contribution in [0.25, 0.3) is 0 Å². The van der Waals surface area contributed by atoms with Gasteiger partial charge in [-0.3, -0.25) is 0 Å². The third kappa shape index (κ3) is 1.95. The lowest BCUT2D eigenvalue weighted by molar-refractivity contribution is 0.588. The van der Waals surface area contributed by atoms with Crippen molar-refractivity contribution in [2.24, 2.45) is 15.7 Å². The summed E-state index contributed by atoms with van der Waals surface area (Å²) in [6.45, 7) is 0. The summed E-state index contributed by atoms with van der Waals surface area (Å²) < 4.78 is 0. The Kier molecular flexibility index (Phi) is 3.03. The highest BCUT2D eigenvalue weighted by Gasteiger charge is 2.44. The fourth-order valence-corrected chi connectivity index (χ4v) is 3.66. The number of benzene rings is 1. The Bertz CT molecular complexity index is 756. The normalized spacial score (nSPS) is 20.9. The summed E-state index contributed by atoms with van der Waals surface area (Å²) in [4.78, 5) is 13.7. The van der Waals surface area contributed by atoms with E-state index in [2.05, 4.69) is 28.2 Å². The molecule has 1 aromatic carbocycles. The van der Waals surface area contributed by atoms with Crippen LogP contribution in [0.2, 0.25) is 0 Å².